The zero-order valence-electron chi connectivity index (χ0n) is 9.00. The molecule has 1 aliphatic rings. The van der Waals surface area contributed by atoms with Gasteiger partial charge in [0, 0.05) is 6.04 Å². The second-order valence-corrected chi connectivity index (χ2v) is 4.36. The Bertz CT molecular complexity index is 379. The molecule has 0 aromatic carbocycles. The van der Waals surface area contributed by atoms with Crippen molar-refractivity contribution in [1.82, 2.24) is 15.5 Å². The largest absolute Gasteiger partial charge is 0.395 e. The lowest BCUT2D eigenvalue weighted by molar-refractivity contribution is 0.0892. The first-order valence-electron chi connectivity index (χ1n) is 5.19. The second-order valence-electron chi connectivity index (χ2n) is 4.36. The fraction of sp³-hybridized carbons (Fsp3) is 0.600. The molecule has 0 radical (unpaired) electrons. The number of nitrogen functional groups attached to an aromatic ring is 1. The molecule has 2 rings (SSSR count). The fourth-order valence-corrected chi connectivity index (χ4v) is 1.88. The van der Waals surface area contributed by atoms with Crippen LogP contribution in [0, 0.1) is 12.8 Å². The third-order valence-corrected chi connectivity index (χ3v) is 2.92. The van der Waals surface area contributed by atoms with E-state index >= 15 is 0 Å². The highest BCUT2D eigenvalue weighted by Crippen LogP contribution is 2.26. The summed E-state index contributed by atoms with van der Waals surface area (Å²) in [6, 6.07) is 0.295. The van der Waals surface area contributed by atoms with Gasteiger partial charge in [-0.05, 0) is 25.7 Å². The molecule has 15 heavy (non-hydrogen) atoms. The first kappa shape index (κ1) is 10.0. The maximum Gasteiger partial charge on any atom is 0.274 e. The number of rotatable bonds is 2. The lowest BCUT2D eigenvalue weighted by atomic mass is 9.82. The van der Waals surface area contributed by atoms with Gasteiger partial charge in [-0.15, -0.1) is 0 Å². The second kappa shape index (κ2) is 3.56. The van der Waals surface area contributed by atoms with Crippen molar-refractivity contribution in [3.05, 3.63) is 11.4 Å². The van der Waals surface area contributed by atoms with Gasteiger partial charge in [-0.25, -0.2) is 0 Å². The van der Waals surface area contributed by atoms with Crippen LogP contribution >= 0.6 is 0 Å². The van der Waals surface area contributed by atoms with Crippen molar-refractivity contribution in [3.63, 3.8) is 0 Å². The number of aromatic amines is 1. The Labute approximate surface area is 88.4 Å². The summed E-state index contributed by atoms with van der Waals surface area (Å²) in [6.45, 7) is 3.97. The van der Waals surface area contributed by atoms with E-state index in [1.807, 2.05) is 0 Å². The number of aromatic nitrogens is 2. The number of nitrogens with one attached hydrogen (secondary N) is 2. The average Bonchev–Trinajstić information content (AvgIpc) is 2.45. The van der Waals surface area contributed by atoms with Crippen LogP contribution in [0.5, 0.6) is 0 Å². The number of nitrogens with zero attached hydrogens (tertiary/aromatic N) is 1. The number of nitrogens with two attached hydrogens (primary N) is 1. The molecule has 0 spiro atoms. The third kappa shape index (κ3) is 1.82. The van der Waals surface area contributed by atoms with Gasteiger partial charge in [-0.1, -0.05) is 6.92 Å². The monoisotopic (exact) mass is 208 g/mol. The molecule has 82 valence electrons. The van der Waals surface area contributed by atoms with E-state index in [2.05, 4.69) is 22.4 Å². The van der Waals surface area contributed by atoms with Crippen molar-refractivity contribution in [2.45, 2.75) is 32.7 Å². The highest BCUT2D eigenvalue weighted by molar-refractivity contribution is 5.97. The number of aryl methyl sites for hydroxylation is 1. The minimum Gasteiger partial charge on any atom is -0.395 e. The number of hydrogen-bond acceptors (Lipinski definition) is 3. The molecule has 0 saturated heterocycles. The summed E-state index contributed by atoms with van der Waals surface area (Å²) in [6.07, 6.45) is 2.10. The van der Waals surface area contributed by atoms with Crippen LogP contribution in [0.15, 0.2) is 0 Å². The molecule has 4 N–H and O–H groups in total. The smallest absolute Gasteiger partial charge is 0.274 e. The highest BCUT2D eigenvalue weighted by atomic mass is 16.2. The molecule has 1 aromatic heterocycles. The Hall–Kier alpha value is -1.52. The first-order chi connectivity index (χ1) is 7.08. The number of anilines is 1. The molecule has 0 unspecified atom stereocenters. The topological polar surface area (TPSA) is 83.8 Å². The molecule has 5 heteroatoms. The lowest BCUT2D eigenvalue weighted by Gasteiger charge is -2.32. The van der Waals surface area contributed by atoms with Crippen LogP contribution in [0.3, 0.4) is 0 Å². The molecule has 5 nitrogen and oxygen atoms in total. The number of H-pyrrole nitrogens is 1. The van der Waals surface area contributed by atoms with Crippen molar-refractivity contribution in [2.24, 2.45) is 5.92 Å². The van der Waals surface area contributed by atoms with Crippen LogP contribution in [-0.2, 0) is 0 Å². The Morgan fingerprint density at radius 2 is 2.27 bits per heavy atom. The summed E-state index contributed by atoms with van der Waals surface area (Å²) in [5, 5.41) is 9.50. The molecule has 1 aromatic rings. The van der Waals surface area contributed by atoms with E-state index < -0.39 is 0 Å². The summed E-state index contributed by atoms with van der Waals surface area (Å²) in [7, 11) is 0. The first-order valence-corrected chi connectivity index (χ1v) is 5.19. The van der Waals surface area contributed by atoms with E-state index in [0.717, 1.165) is 18.5 Å². The number of carbonyl (C=O) groups is 1. The molecular formula is C10H16N4O. The molecule has 1 heterocycles. The highest BCUT2D eigenvalue weighted by Gasteiger charge is 2.28. The van der Waals surface area contributed by atoms with E-state index in [1.54, 1.807) is 6.92 Å². The van der Waals surface area contributed by atoms with Gasteiger partial charge in [0.15, 0.2) is 5.69 Å². The van der Waals surface area contributed by atoms with Crippen LogP contribution in [0.25, 0.3) is 0 Å². The van der Waals surface area contributed by atoms with Crippen molar-refractivity contribution >= 4 is 11.6 Å². The Morgan fingerprint density at radius 1 is 1.60 bits per heavy atom. The van der Waals surface area contributed by atoms with Gasteiger partial charge in [0.2, 0.25) is 0 Å². The number of amides is 1. The molecule has 0 atom stereocenters. The van der Waals surface area contributed by atoms with E-state index in [9.17, 15) is 4.79 Å². The summed E-state index contributed by atoms with van der Waals surface area (Å²) < 4.78 is 0. The van der Waals surface area contributed by atoms with Crippen molar-refractivity contribution in [1.29, 1.82) is 0 Å². The van der Waals surface area contributed by atoms with Crippen LogP contribution in [0.1, 0.15) is 35.9 Å². The van der Waals surface area contributed by atoms with Crippen LogP contribution in [0.2, 0.25) is 0 Å². The minimum absolute atomic E-state index is 0.172. The average molecular weight is 208 g/mol. The molecule has 1 fully saturated rings. The molecule has 0 bridgehead atoms. The van der Waals surface area contributed by atoms with Crippen molar-refractivity contribution in [3.8, 4) is 0 Å². The third-order valence-electron chi connectivity index (χ3n) is 2.92. The Kier molecular flexibility index (Phi) is 2.38. The van der Waals surface area contributed by atoms with Crippen LogP contribution in [-0.4, -0.2) is 22.1 Å². The van der Waals surface area contributed by atoms with Crippen molar-refractivity contribution < 1.29 is 4.79 Å². The van der Waals surface area contributed by atoms with Crippen LogP contribution in [0.4, 0.5) is 5.69 Å². The Balaban J connectivity index is 1.99. The van der Waals surface area contributed by atoms with Gasteiger partial charge >= 0.3 is 0 Å². The Morgan fingerprint density at radius 3 is 2.73 bits per heavy atom. The zero-order valence-corrected chi connectivity index (χ0v) is 9.00. The van der Waals surface area contributed by atoms with Crippen LogP contribution < -0.4 is 11.1 Å². The predicted molar refractivity (Wildman–Crippen MR) is 57.4 cm³/mol. The number of carbonyl (C=O) groups excluding carboxylic acids is 1. The summed E-state index contributed by atoms with van der Waals surface area (Å²) in [5.41, 5.74) is 7.21. The van der Waals surface area contributed by atoms with E-state index in [4.69, 9.17) is 5.73 Å². The number of hydrogen-bond donors (Lipinski definition) is 3. The zero-order chi connectivity index (χ0) is 11.0. The van der Waals surface area contributed by atoms with E-state index in [1.165, 1.54) is 0 Å². The molecule has 0 aliphatic heterocycles. The van der Waals surface area contributed by atoms with E-state index in [-0.39, 0.29) is 5.91 Å². The summed E-state index contributed by atoms with van der Waals surface area (Å²) in [4.78, 5) is 11.7. The van der Waals surface area contributed by atoms with Gasteiger partial charge in [0.1, 0.15) is 0 Å². The standard InChI is InChI=1S/C10H16N4O/c1-5-3-7(4-5)12-10(15)9-8(11)6(2)13-14-9/h5,7H,3-4,11H2,1-2H3,(H,12,15)(H,13,14). The summed E-state index contributed by atoms with van der Waals surface area (Å²) >= 11 is 0. The quantitative estimate of drug-likeness (QED) is 0.673. The van der Waals surface area contributed by atoms with Gasteiger partial charge in [-0.3, -0.25) is 9.89 Å². The normalized spacial score (nSPS) is 24.7. The van der Waals surface area contributed by atoms with E-state index in [0.29, 0.717) is 23.3 Å². The van der Waals surface area contributed by atoms with Gasteiger partial charge in [-0.2, -0.15) is 5.10 Å². The van der Waals surface area contributed by atoms with Gasteiger partial charge < -0.3 is 11.1 Å². The molecular weight excluding hydrogens is 192 g/mol. The maximum atomic E-state index is 11.7. The minimum atomic E-state index is -0.172. The van der Waals surface area contributed by atoms with Gasteiger partial charge in [0.05, 0.1) is 11.4 Å². The molecule has 1 saturated carbocycles. The molecule has 1 amide bonds. The summed E-state index contributed by atoms with van der Waals surface area (Å²) in [5.74, 6) is 0.544. The van der Waals surface area contributed by atoms with Crippen molar-refractivity contribution in [2.75, 3.05) is 5.73 Å². The lowest BCUT2D eigenvalue weighted by Crippen LogP contribution is -2.43. The predicted octanol–water partition coefficient (Wildman–Crippen LogP) is 0.829. The SMILES string of the molecule is Cc1[nH]nc(C(=O)NC2CC(C)C2)c1N. The fourth-order valence-electron chi connectivity index (χ4n) is 1.88. The van der Waals surface area contributed by atoms with Gasteiger partial charge in [0.25, 0.3) is 5.91 Å². The maximum absolute atomic E-state index is 11.7. The molecule has 1 aliphatic carbocycles.